The number of ether oxygens (including phenoxy) is 1. The number of likely N-dealkylation sites (tertiary alicyclic amines) is 1. The van der Waals surface area contributed by atoms with E-state index in [1.807, 2.05) is 12.1 Å². The quantitative estimate of drug-likeness (QED) is 0.818. The normalized spacial score (nSPS) is 18.9. The maximum Gasteiger partial charge on any atom is 0.123 e. The van der Waals surface area contributed by atoms with Crippen molar-refractivity contribution in [2.24, 2.45) is 11.7 Å². The summed E-state index contributed by atoms with van der Waals surface area (Å²) in [7, 11) is 1.69. The summed E-state index contributed by atoms with van der Waals surface area (Å²) >= 11 is 0. The number of aliphatic hydroxyl groups is 1. The van der Waals surface area contributed by atoms with Gasteiger partial charge in [-0.1, -0.05) is 11.8 Å². The highest BCUT2D eigenvalue weighted by Gasteiger charge is 2.20. The molecule has 0 aromatic heterocycles. The summed E-state index contributed by atoms with van der Waals surface area (Å²) in [5.41, 5.74) is 7.52. The lowest BCUT2D eigenvalue weighted by Gasteiger charge is -2.32. The van der Waals surface area contributed by atoms with E-state index in [9.17, 15) is 5.11 Å². The molecule has 1 aromatic carbocycles. The Morgan fingerprint density at radius 1 is 1.48 bits per heavy atom. The maximum atomic E-state index is 9.34. The van der Waals surface area contributed by atoms with Gasteiger partial charge in [-0.25, -0.2) is 0 Å². The first kappa shape index (κ1) is 15.8. The van der Waals surface area contributed by atoms with Crippen LogP contribution in [-0.4, -0.2) is 43.4 Å². The first-order valence-electron chi connectivity index (χ1n) is 7.46. The van der Waals surface area contributed by atoms with E-state index < -0.39 is 0 Å². The predicted octanol–water partition coefficient (Wildman–Crippen LogP) is 1.21. The topological polar surface area (TPSA) is 58.7 Å². The first-order chi connectivity index (χ1) is 10.3. The molecule has 1 fully saturated rings. The molecule has 0 spiro atoms. The van der Waals surface area contributed by atoms with Crippen LogP contribution in [0.5, 0.6) is 5.75 Å². The second-order valence-electron chi connectivity index (χ2n) is 5.46. The molecular weight excluding hydrogens is 264 g/mol. The van der Waals surface area contributed by atoms with Gasteiger partial charge in [0.15, 0.2) is 0 Å². The molecule has 2 rings (SSSR count). The maximum absolute atomic E-state index is 9.34. The molecule has 1 aromatic rings. The Kier molecular flexibility index (Phi) is 6.06. The average Bonchev–Trinajstić information content (AvgIpc) is 2.53. The van der Waals surface area contributed by atoms with E-state index in [1.54, 1.807) is 7.11 Å². The van der Waals surface area contributed by atoms with Crippen LogP contribution in [0, 0.1) is 17.8 Å². The number of hydrogen-bond acceptors (Lipinski definition) is 4. The van der Waals surface area contributed by atoms with E-state index in [1.165, 1.54) is 0 Å². The summed E-state index contributed by atoms with van der Waals surface area (Å²) in [4.78, 5) is 2.38. The standard InChI is InChI=1S/C17H24N2O2/c1-21-17-7-6-14(4-2-8-18)10-16(17)12-19-9-3-5-15(11-19)13-20/h6-7,10,15,20H,3,5,8-9,11-13,18H2,1H3. The number of aliphatic hydroxyl groups excluding tert-OH is 1. The van der Waals surface area contributed by atoms with Gasteiger partial charge in [-0.2, -0.15) is 0 Å². The highest BCUT2D eigenvalue weighted by molar-refractivity contribution is 5.44. The van der Waals surface area contributed by atoms with Crippen LogP contribution in [0.3, 0.4) is 0 Å². The van der Waals surface area contributed by atoms with Crippen LogP contribution in [0.25, 0.3) is 0 Å². The van der Waals surface area contributed by atoms with Gasteiger partial charge in [0.2, 0.25) is 0 Å². The van der Waals surface area contributed by atoms with Crippen LogP contribution in [0.15, 0.2) is 18.2 Å². The Labute approximate surface area is 126 Å². The summed E-state index contributed by atoms with van der Waals surface area (Å²) in [5.74, 6) is 7.23. The van der Waals surface area contributed by atoms with Crippen molar-refractivity contribution in [3.05, 3.63) is 29.3 Å². The molecule has 1 saturated heterocycles. The molecule has 0 bridgehead atoms. The molecule has 1 aliphatic rings. The number of nitrogens with zero attached hydrogens (tertiary/aromatic N) is 1. The van der Waals surface area contributed by atoms with Crippen LogP contribution in [-0.2, 0) is 6.54 Å². The van der Waals surface area contributed by atoms with Gasteiger partial charge in [0.05, 0.1) is 13.7 Å². The molecule has 114 valence electrons. The fourth-order valence-electron chi connectivity index (χ4n) is 2.82. The van der Waals surface area contributed by atoms with Gasteiger partial charge in [0, 0.05) is 30.8 Å². The Bertz CT molecular complexity index is 519. The summed E-state index contributed by atoms with van der Waals surface area (Å²) in [6.07, 6.45) is 2.26. The monoisotopic (exact) mass is 288 g/mol. The SMILES string of the molecule is COc1ccc(C#CCN)cc1CN1CCCC(CO)C1. The smallest absolute Gasteiger partial charge is 0.123 e. The second kappa shape index (κ2) is 8.04. The van der Waals surface area contributed by atoms with E-state index in [0.29, 0.717) is 12.5 Å². The Hall–Kier alpha value is -1.54. The van der Waals surface area contributed by atoms with Crippen molar-refractivity contribution >= 4 is 0 Å². The number of rotatable bonds is 4. The van der Waals surface area contributed by atoms with Gasteiger partial charge in [-0.3, -0.25) is 4.90 Å². The van der Waals surface area contributed by atoms with Crippen LogP contribution < -0.4 is 10.5 Å². The molecular formula is C17H24N2O2. The molecule has 1 aliphatic heterocycles. The van der Waals surface area contributed by atoms with Crippen LogP contribution >= 0.6 is 0 Å². The third-order valence-electron chi connectivity index (χ3n) is 3.87. The molecule has 21 heavy (non-hydrogen) atoms. The van der Waals surface area contributed by atoms with E-state index >= 15 is 0 Å². The molecule has 0 aliphatic carbocycles. The number of benzene rings is 1. The Balaban J connectivity index is 2.13. The zero-order chi connectivity index (χ0) is 15.1. The summed E-state index contributed by atoms with van der Waals surface area (Å²) in [6, 6.07) is 5.99. The van der Waals surface area contributed by atoms with Gasteiger partial charge in [-0.15, -0.1) is 0 Å². The molecule has 0 amide bonds. The Morgan fingerprint density at radius 3 is 3.05 bits per heavy atom. The molecule has 4 nitrogen and oxygen atoms in total. The lowest BCUT2D eigenvalue weighted by atomic mass is 9.98. The largest absolute Gasteiger partial charge is 0.496 e. The van der Waals surface area contributed by atoms with Crippen LogP contribution in [0.4, 0.5) is 0 Å². The third-order valence-corrected chi connectivity index (χ3v) is 3.87. The molecule has 0 radical (unpaired) electrons. The molecule has 1 heterocycles. The third kappa shape index (κ3) is 4.47. The van der Waals surface area contributed by atoms with E-state index in [4.69, 9.17) is 10.5 Å². The predicted molar refractivity (Wildman–Crippen MR) is 84.0 cm³/mol. The fourth-order valence-corrected chi connectivity index (χ4v) is 2.82. The van der Waals surface area contributed by atoms with Gasteiger partial charge in [-0.05, 0) is 43.5 Å². The summed E-state index contributed by atoms with van der Waals surface area (Å²) < 4.78 is 5.45. The molecule has 1 atom stereocenters. The van der Waals surface area contributed by atoms with Crippen molar-refractivity contribution in [1.29, 1.82) is 0 Å². The van der Waals surface area contributed by atoms with Crippen molar-refractivity contribution in [3.63, 3.8) is 0 Å². The summed E-state index contributed by atoms with van der Waals surface area (Å²) in [5, 5.41) is 9.34. The molecule has 1 unspecified atom stereocenters. The van der Waals surface area contributed by atoms with Gasteiger partial charge < -0.3 is 15.6 Å². The first-order valence-corrected chi connectivity index (χ1v) is 7.46. The zero-order valence-electron chi connectivity index (χ0n) is 12.6. The highest BCUT2D eigenvalue weighted by atomic mass is 16.5. The highest BCUT2D eigenvalue weighted by Crippen LogP contribution is 2.24. The number of nitrogens with two attached hydrogens (primary N) is 1. The molecule has 0 saturated carbocycles. The van der Waals surface area contributed by atoms with Gasteiger partial charge >= 0.3 is 0 Å². The summed E-state index contributed by atoms with van der Waals surface area (Å²) in [6.45, 7) is 3.48. The second-order valence-corrected chi connectivity index (χ2v) is 5.46. The zero-order valence-corrected chi connectivity index (χ0v) is 12.6. The average molecular weight is 288 g/mol. The van der Waals surface area contributed by atoms with Crippen molar-refractivity contribution < 1.29 is 9.84 Å². The van der Waals surface area contributed by atoms with Crippen LogP contribution in [0.1, 0.15) is 24.0 Å². The van der Waals surface area contributed by atoms with Crippen molar-refractivity contribution in [2.45, 2.75) is 19.4 Å². The minimum atomic E-state index is 0.273. The number of piperidine rings is 1. The van der Waals surface area contributed by atoms with Crippen molar-refractivity contribution in [3.8, 4) is 17.6 Å². The number of methoxy groups -OCH3 is 1. The molecule has 4 heteroatoms. The van der Waals surface area contributed by atoms with Crippen LogP contribution in [0.2, 0.25) is 0 Å². The Morgan fingerprint density at radius 2 is 2.33 bits per heavy atom. The van der Waals surface area contributed by atoms with E-state index in [0.717, 1.165) is 49.4 Å². The van der Waals surface area contributed by atoms with Crippen molar-refractivity contribution in [2.75, 3.05) is 33.4 Å². The van der Waals surface area contributed by atoms with E-state index in [2.05, 4.69) is 22.8 Å². The molecule has 3 N–H and O–H groups in total. The van der Waals surface area contributed by atoms with Crippen molar-refractivity contribution in [1.82, 2.24) is 4.90 Å². The minimum Gasteiger partial charge on any atom is -0.496 e. The lowest BCUT2D eigenvalue weighted by molar-refractivity contribution is 0.115. The van der Waals surface area contributed by atoms with Gasteiger partial charge in [0.25, 0.3) is 0 Å². The van der Waals surface area contributed by atoms with Gasteiger partial charge in [0.1, 0.15) is 5.75 Å². The van der Waals surface area contributed by atoms with E-state index in [-0.39, 0.29) is 6.61 Å². The lowest BCUT2D eigenvalue weighted by Crippen LogP contribution is -2.36. The minimum absolute atomic E-state index is 0.273. The number of hydrogen-bond donors (Lipinski definition) is 2. The fraction of sp³-hybridized carbons (Fsp3) is 0.529.